The smallest absolute Gasteiger partial charge is 0.408 e. The minimum Gasteiger partial charge on any atom is -0.498 e. The predicted octanol–water partition coefficient (Wildman–Crippen LogP) is 6.44. The van der Waals surface area contributed by atoms with E-state index < -0.39 is 35.2 Å². The van der Waals surface area contributed by atoms with Crippen LogP contribution in [0.25, 0.3) is 28.2 Å². The number of ether oxygens (including phenoxy) is 5. The number of pyridine rings is 1. The van der Waals surface area contributed by atoms with Crippen LogP contribution in [-0.2, 0) is 39.8 Å². The molecule has 3 aliphatic rings. The number of hydrogen-bond acceptors (Lipinski definition) is 11. The highest BCUT2D eigenvalue weighted by Crippen LogP contribution is 2.57. The third-order valence-corrected chi connectivity index (χ3v) is 10.8. The van der Waals surface area contributed by atoms with Crippen molar-refractivity contribution >= 4 is 40.7 Å². The van der Waals surface area contributed by atoms with E-state index in [1.807, 2.05) is 18.3 Å². The number of fused-ring (bicyclic) bond motifs is 5. The maximum Gasteiger partial charge on any atom is 0.408 e. The van der Waals surface area contributed by atoms with Crippen molar-refractivity contribution in [3.8, 4) is 11.3 Å². The highest BCUT2D eigenvalue weighted by molar-refractivity contribution is 5.96. The van der Waals surface area contributed by atoms with E-state index in [9.17, 15) is 14.4 Å². The summed E-state index contributed by atoms with van der Waals surface area (Å²) in [6.45, 7) is 17.8. The average Bonchev–Trinajstić information content (AvgIpc) is 3.95. The van der Waals surface area contributed by atoms with E-state index in [-0.39, 0.29) is 25.1 Å². The minimum atomic E-state index is -1.07. The number of aryl methyl sites for hydroxylation is 1. The molecule has 2 fully saturated rings. The van der Waals surface area contributed by atoms with Gasteiger partial charge in [0.25, 0.3) is 0 Å². The SMILES string of the molecule is CCn1c2c(c3cc(/C=C/OC[C@H](NC(=O)OC(C)(C)C)C(=O)OC)ccc31)C(C(C)(C)COC(C)=O)[C@H](OC)c1ncc(N3CCN(C4CC4)CC3)cc1-2. The van der Waals surface area contributed by atoms with Crippen LogP contribution in [0.2, 0.25) is 0 Å². The topological polar surface area (TPSA) is 134 Å². The molecule has 1 saturated carbocycles. The van der Waals surface area contributed by atoms with Gasteiger partial charge in [0.05, 0.1) is 43.3 Å². The van der Waals surface area contributed by atoms with E-state index in [1.165, 1.54) is 33.1 Å². The van der Waals surface area contributed by atoms with Crippen LogP contribution < -0.4 is 10.2 Å². The highest BCUT2D eigenvalue weighted by Gasteiger charge is 2.47. The second-order valence-electron chi connectivity index (χ2n) is 16.4. The molecule has 13 heteroatoms. The van der Waals surface area contributed by atoms with Gasteiger partial charge in [0, 0.05) is 80.6 Å². The Kier molecular flexibility index (Phi) is 11.8. The first-order valence-corrected chi connectivity index (χ1v) is 19.3. The number of piperazine rings is 1. The Bertz CT molecular complexity index is 1920. The Labute approximate surface area is 324 Å². The number of carbonyl (C=O) groups is 3. The lowest BCUT2D eigenvalue weighted by Crippen LogP contribution is -2.47. The lowest BCUT2D eigenvalue weighted by atomic mass is 9.67. The Morgan fingerprint density at radius 3 is 2.38 bits per heavy atom. The standard InChI is InChI=1S/C42H57N5O8/c1-10-47-33-14-11-27(15-20-53-24-32(39(49)52-9)44-40(50)55-41(3,4)5)21-30(33)34-35(42(6,7)25-54-26(2)48)38(51-8)36-31(37(34)47)22-29(23-43-36)46-18-16-45(17-19-46)28-12-13-28/h11,14-15,20-23,28,32,35,38H,10,12-13,16-19,24-25H2,1-9H3,(H,44,50)/b20-15+/t32-,35?,38-/m0/s1. The van der Waals surface area contributed by atoms with Crippen LogP contribution in [0, 0.1) is 5.41 Å². The molecule has 3 aromatic rings. The molecule has 0 bridgehead atoms. The zero-order chi connectivity index (χ0) is 39.7. The second kappa shape index (κ2) is 16.2. The molecule has 1 saturated heterocycles. The summed E-state index contributed by atoms with van der Waals surface area (Å²) in [4.78, 5) is 47.1. The quantitative estimate of drug-likeness (QED) is 0.117. The molecule has 2 aromatic heterocycles. The van der Waals surface area contributed by atoms with Gasteiger partial charge in [-0.05, 0) is 75.9 Å². The minimum absolute atomic E-state index is 0.157. The molecule has 298 valence electrons. The summed E-state index contributed by atoms with van der Waals surface area (Å²) in [7, 11) is 2.98. The molecule has 1 unspecified atom stereocenters. The van der Waals surface area contributed by atoms with Crippen LogP contribution in [0.5, 0.6) is 0 Å². The zero-order valence-corrected chi connectivity index (χ0v) is 33.8. The summed E-state index contributed by atoms with van der Waals surface area (Å²) in [5.41, 5.74) is 5.91. The van der Waals surface area contributed by atoms with Crippen molar-refractivity contribution in [3.63, 3.8) is 0 Å². The molecule has 0 radical (unpaired) electrons. The summed E-state index contributed by atoms with van der Waals surface area (Å²) in [5, 5.41) is 3.58. The number of amides is 1. The van der Waals surface area contributed by atoms with Gasteiger partial charge in [0.2, 0.25) is 0 Å². The van der Waals surface area contributed by atoms with Gasteiger partial charge in [-0.2, -0.15) is 0 Å². The molecule has 2 aliphatic carbocycles. The summed E-state index contributed by atoms with van der Waals surface area (Å²) in [6, 6.07) is 8.26. The first-order valence-electron chi connectivity index (χ1n) is 19.3. The molecule has 1 amide bonds. The molecule has 6 rings (SSSR count). The number of carbonyl (C=O) groups excluding carboxylic acids is 3. The monoisotopic (exact) mass is 759 g/mol. The molecule has 3 atom stereocenters. The molecule has 1 aliphatic heterocycles. The second-order valence-corrected chi connectivity index (χ2v) is 16.4. The number of nitrogens with zero attached hydrogens (tertiary/aromatic N) is 4. The zero-order valence-electron chi connectivity index (χ0n) is 33.8. The first kappa shape index (κ1) is 40.1. The van der Waals surface area contributed by atoms with E-state index in [0.717, 1.165) is 83.4 Å². The molecule has 1 N–H and O–H groups in total. The molecule has 3 heterocycles. The Morgan fingerprint density at radius 1 is 1.04 bits per heavy atom. The van der Waals surface area contributed by atoms with E-state index in [1.54, 1.807) is 27.9 Å². The number of methoxy groups -OCH3 is 2. The Hall–Kier alpha value is -4.62. The summed E-state index contributed by atoms with van der Waals surface area (Å²) < 4.78 is 30.4. The van der Waals surface area contributed by atoms with Crippen LogP contribution >= 0.6 is 0 Å². The van der Waals surface area contributed by atoms with Gasteiger partial charge in [-0.1, -0.05) is 19.9 Å². The summed E-state index contributed by atoms with van der Waals surface area (Å²) in [5.74, 6) is -1.20. The maximum atomic E-state index is 12.4. The van der Waals surface area contributed by atoms with Crippen molar-refractivity contribution in [2.45, 2.75) is 97.6 Å². The Morgan fingerprint density at radius 2 is 1.76 bits per heavy atom. The number of hydrogen-bond donors (Lipinski definition) is 1. The van der Waals surface area contributed by atoms with Crippen LogP contribution in [-0.4, -0.2) is 104 Å². The number of alkyl carbamates (subject to hydrolysis) is 1. The van der Waals surface area contributed by atoms with E-state index in [0.29, 0.717) is 0 Å². The van der Waals surface area contributed by atoms with Gasteiger partial charge in [0.1, 0.15) is 18.3 Å². The van der Waals surface area contributed by atoms with Crippen molar-refractivity contribution in [2.75, 3.05) is 58.5 Å². The van der Waals surface area contributed by atoms with Gasteiger partial charge in [-0.15, -0.1) is 0 Å². The summed E-state index contributed by atoms with van der Waals surface area (Å²) >= 11 is 0. The van der Waals surface area contributed by atoms with Gasteiger partial charge in [-0.25, -0.2) is 9.59 Å². The number of aromatic nitrogens is 2. The normalized spacial score (nSPS) is 19.5. The molecule has 13 nitrogen and oxygen atoms in total. The Balaban J connectivity index is 1.37. The van der Waals surface area contributed by atoms with Crippen LogP contribution in [0.3, 0.4) is 0 Å². The molecular weight excluding hydrogens is 702 g/mol. The van der Waals surface area contributed by atoms with E-state index >= 15 is 0 Å². The molecule has 0 spiro atoms. The third-order valence-electron chi connectivity index (χ3n) is 10.8. The lowest BCUT2D eigenvalue weighted by molar-refractivity contribution is -0.145. The maximum absolute atomic E-state index is 12.4. The van der Waals surface area contributed by atoms with Crippen molar-refractivity contribution in [1.82, 2.24) is 19.8 Å². The molecular formula is C42H57N5O8. The average molecular weight is 760 g/mol. The molecule has 1 aromatic carbocycles. The number of benzene rings is 1. The summed E-state index contributed by atoms with van der Waals surface area (Å²) in [6.07, 6.45) is 6.80. The van der Waals surface area contributed by atoms with Crippen molar-refractivity contribution in [3.05, 3.63) is 53.5 Å². The van der Waals surface area contributed by atoms with Crippen molar-refractivity contribution < 1.29 is 38.1 Å². The third kappa shape index (κ3) is 8.78. The predicted molar refractivity (Wildman–Crippen MR) is 211 cm³/mol. The highest BCUT2D eigenvalue weighted by atomic mass is 16.6. The van der Waals surface area contributed by atoms with Crippen LogP contribution in [0.1, 0.15) is 90.2 Å². The molecule has 55 heavy (non-hydrogen) atoms. The number of nitrogens with one attached hydrogen (secondary N) is 1. The van der Waals surface area contributed by atoms with Gasteiger partial charge in [-0.3, -0.25) is 14.7 Å². The van der Waals surface area contributed by atoms with Gasteiger partial charge < -0.3 is 38.5 Å². The van der Waals surface area contributed by atoms with E-state index in [4.69, 9.17) is 28.7 Å². The van der Waals surface area contributed by atoms with Crippen molar-refractivity contribution in [1.29, 1.82) is 0 Å². The number of esters is 2. The fourth-order valence-corrected chi connectivity index (χ4v) is 8.05. The number of rotatable bonds is 13. The van der Waals surface area contributed by atoms with Gasteiger partial charge >= 0.3 is 18.0 Å². The van der Waals surface area contributed by atoms with Gasteiger partial charge in [0.15, 0.2) is 6.04 Å². The fourth-order valence-electron chi connectivity index (χ4n) is 8.05. The fraction of sp³-hybridized carbons (Fsp3) is 0.571. The number of anilines is 1. The lowest BCUT2D eigenvalue weighted by Gasteiger charge is -2.42. The first-order chi connectivity index (χ1) is 26.1. The largest absolute Gasteiger partial charge is 0.498 e. The van der Waals surface area contributed by atoms with Crippen molar-refractivity contribution in [2.24, 2.45) is 5.41 Å². The van der Waals surface area contributed by atoms with E-state index in [2.05, 4.69) is 58.7 Å². The van der Waals surface area contributed by atoms with Crippen LogP contribution in [0.4, 0.5) is 10.5 Å². The van der Waals surface area contributed by atoms with Crippen LogP contribution in [0.15, 0.2) is 36.7 Å².